The van der Waals surface area contributed by atoms with Crippen LogP contribution in [0.3, 0.4) is 0 Å². The SMILES string of the molecule is Cn1ccc(-c2nc(NCCNC(=O)N3N=CC[C@H]3c3cc(F)cc(F)c3)ncc2F)n1. The van der Waals surface area contributed by atoms with Gasteiger partial charge < -0.3 is 10.6 Å². The molecule has 2 aromatic heterocycles. The molecule has 0 saturated heterocycles. The highest BCUT2D eigenvalue weighted by atomic mass is 19.1. The standard InChI is InChI=1S/C20H19F3N8O/c1-30-7-3-16(29-30)18-15(23)11-26-19(28-18)24-5-6-25-20(32)31-17(2-4-27-31)12-8-13(21)10-14(22)9-12/h3-4,7-11,17H,2,5-6H2,1H3,(H,25,32)(H,24,26,28)/t17-/m0/s1. The highest BCUT2D eigenvalue weighted by Crippen LogP contribution is 2.29. The maximum absolute atomic E-state index is 14.0. The maximum atomic E-state index is 14.0. The largest absolute Gasteiger partial charge is 0.352 e. The molecule has 32 heavy (non-hydrogen) atoms. The summed E-state index contributed by atoms with van der Waals surface area (Å²) in [5.41, 5.74) is 0.745. The van der Waals surface area contributed by atoms with Crippen LogP contribution in [-0.4, -0.2) is 50.1 Å². The molecule has 0 fully saturated rings. The molecule has 0 saturated carbocycles. The van der Waals surface area contributed by atoms with E-state index in [9.17, 15) is 18.0 Å². The van der Waals surface area contributed by atoms with Crippen LogP contribution >= 0.6 is 0 Å². The molecule has 1 aliphatic heterocycles. The van der Waals surface area contributed by atoms with E-state index in [2.05, 4.69) is 30.8 Å². The molecule has 0 bridgehead atoms. The summed E-state index contributed by atoms with van der Waals surface area (Å²) in [6.07, 6.45) is 4.57. The van der Waals surface area contributed by atoms with Crippen molar-refractivity contribution in [1.82, 2.24) is 30.1 Å². The number of carbonyl (C=O) groups excluding carboxylic acids is 1. The molecule has 1 aromatic carbocycles. The van der Waals surface area contributed by atoms with E-state index in [1.807, 2.05) is 0 Å². The second kappa shape index (κ2) is 9.04. The minimum absolute atomic E-state index is 0.0590. The Morgan fingerprint density at radius 3 is 2.69 bits per heavy atom. The number of hydrogen-bond acceptors (Lipinski definition) is 6. The number of halogens is 3. The van der Waals surface area contributed by atoms with E-state index in [-0.39, 0.29) is 24.7 Å². The second-order valence-corrected chi connectivity index (χ2v) is 7.02. The highest BCUT2D eigenvalue weighted by Gasteiger charge is 2.28. The zero-order chi connectivity index (χ0) is 22.7. The Bertz CT molecular complexity index is 1150. The third kappa shape index (κ3) is 4.68. The van der Waals surface area contributed by atoms with Gasteiger partial charge in [0, 0.05) is 45.0 Å². The van der Waals surface area contributed by atoms with Crippen molar-refractivity contribution in [3.8, 4) is 11.4 Å². The second-order valence-electron chi connectivity index (χ2n) is 7.02. The Hall–Kier alpha value is -3.96. The van der Waals surface area contributed by atoms with Gasteiger partial charge in [-0.05, 0) is 23.8 Å². The lowest BCUT2D eigenvalue weighted by Crippen LogP contribution is -2.39. The predicted molar refractivity (Wildman–Crippen MR) is 110 cm³/mol. The Labute approximate surface area is 181 Å². The predicted octanol–water partition coefficient (Wildman–Crippen LogP) is 2.85. The number of benzene rings is 1. The maximum Gasteiger partial charge on any atom is 0.338 e. The van der Waals surface area contributed by atoms with Gasteiger partial charge in [0.2, 0.25) is 5.95 Å². The first-order valence-electron chi connectivity index (χ1n) is 9.72. The number of aromatic nitrogens is 4. The monoisotopic (exact) mass is 444 g/mol. The summed E-state index contributed by atoms with van der Waals surface area (Å²) in [4.78, 5) is 20.5. The van der Waals surface area contributed by atoms with Crippen LogP contribution in [0.1, 0.15) is 18.0 Å². The van der Waals surface area contributed by atoms with Crippen molar-refractivity contribution in [2.45, 2.75) is 12.5 Å². The number of urea groups is 1. The van der Waals surface area contributed by atoms with Gasteiger partial charge in [-0.25, -0.2) is 32.9 Å². The lowest BCUT2D eigenvalue weighted by Gasteiger charge is -2.22. The van der Waals surface area contributed by atoms with Gasteiger partial charge in [0.05, 0.1) is 12.2 Å². The minimum atomic E-state index is -0.721. The van der Waals surface area contributed by atoms with Gasteiger partial charge >= 0.3 is 6.03 Å². The molecule has 0 unspecified atom stereocenters. The van der Waals surface area contributed by atoms with Crippen LogP contribution in [0.15, 0.2) is 41.8 Å². The molecule has 1 aliphatic rings. The summed E-state index contributed by atoms with van der Waals surface area (Å²) in [7, 11) is 1.71. The molecular weight excluding hydrogens is 425 g/mol. The van der Waals surface area contributed by atoms with Crippen molar-refractivity contribution >= 4 is 18.2 Å². The average Bonchev–Trinajstić information content (AvgIpc) is 3.41. The molecule has 1 atom stereocenters. The quantitative estimate of drug-likeness (QED) is 0.570. The van der Waals surface area contributed by atoms with Crippen molar-refractivity contribution in [3.05, 3.63) is 59.7 Å². The normalized spacial score (nSPS) is 15.2. The van der Waals surface area contributed by atoms with Gasteiger partial charge in [-0.15, -0.1) is 0 Å². The Morgan fingerprint density at radius 1 is 1.19 bits per heavy atom. The molecule has 12 heteroatoms. The van der Waals surface area contributed by atoms with Crippen LogP contribution in [0.25, 0.3) is 11.4 Å². The fourth-order valence-electron chi connectivity index (χ4n) is 3.25. The van der Waals surface area contributed by atoms with E-state index in [0.29, 0.717) is 17.7 Å². The summed E-state index contributed by atoms with van der Waals surface area (Å²) >= 11 is 0. The van der Waals surface area contributed by atoms with Gasteiger partial charge in [-0.1, -0.05) is 0 Å². The summed E-state index contributed by atoms with van der Waals surface area (Å²) in [5, 5.41) is 14.8. The van der Waals surface area contributed by atoms with Crippen molar-refractivity contribution in [3.63, 3.8) is 0 Å². The first-order valence-corrected chi connectivity index (χ1v) is 9.72. The van der Waals surface area contributed by atoms with E-state index < -0.39 is 29.5 Å². The molecule has 3 aromatic rings. The summed E-state index contributed by atoms with van der Waals surface area (Å²) in [6.45, 7) is 0.421. The van der Waals surface area contributed by atoms with E-state index in [4.69, 9.17) is 0 Å². The number of hydrogen-bond donors (Lipinski definition) is 2. The number of hydrazone groups is 1. The van der Waals surface area contributed by atoms with Gasteiger partial charge in [0.1, 0.15) is 23.0 Å². The zero-order valence-electron chi connectivity index (χ0n) is 17.0. The van der Waals surface area contributed by atoms with Gasteiger partial charge in [0.15, 0.2) is 5.82 Å². The van der Waals surface area contributed by atoms with Gasteiger partial charge in [0.25, 0.3) is 0 Å². The van der Waals surface area contributed by atoms with E-state index in [1.54, 1.807) is 19.3 Å². The number of anilines is 1. The molecule has 0 radical (unpaired) electrons. The lowest BCUT2D eigenvalue weighted by atomic mass is 10.0. The van der Waals surface area contributed by atoms with Crippen LogP contribution < -0.4 is 10.6 Å². The van der Waals surface area contributed by atoms with Crippen LogP contribution in [0, 0.1) is 17.5 Å². The summed E-state index contributed by atoms with van der Waals surface area (Å²) in [5.74, 6) is -1.87. The minimum Gasteiger partial charge on any atom is -0.352 e. The molecule has 2 amide bonds. The molecule has 166 valence electrons. The molecule has 0 spiro atoms. The van der Waals surface area contributed by atoms with Crippen LogP contribution in [0.5, 0.6) is 0 Å². The lowest BCUT2D eigenvalue weighted by molar-refractivity contribution is 0.186. The zero-order valence-corrected chi connectivity index (χ0v) is 17.0. The molecule has 0 aliphatic carbocycles. The molecule has 9 nitrogen and oxygen atoms in total. The van der Waals surface area contributed by atoms with Crippen molar-refractivity contribution in [1.29, 1.82) is 0 Å². The number of rotatable bonds is 6. The van der Waals surface area contributed by atoms with Gasteiger partial charge in [-0.2, -0.15) is 10.2 Å². The Balaban J connectivity index is 1.33. The van der Waals surface area contributed by atoms with Crippen LogP contribution in [0.2, 0.25) is 0 Å². The summed E-state index contributed by atoms with van der Waals surface area (Å²) in [6, 6.07) is 3.63. The van der Waals surface area contributed by atoms with Crippen molar-refractivity contribution in [2.75, 3.05) is 18.4 Å². The fourth-order valence-corrected chi connectivity index (χ4v) is 3.25. The highest BCUT2D eigenvalue weighted by molar-refractivity contribution is 5.78. The molecular formula is C20H19F3N8O. The van der Waals surface area contributed by atoms with E-state index in [0.717, 1.165) is 17.3 Å². The average molecular weight is 444 g/mol. The number of amides is 2. The smallest absolute Gasteiger partial charge is 0.338 e. The number of nitrogens with one attached hydrogen (secondary N) is 2. The summed E-state index contributed by atoms with van der Waals surface area (Å²) < 4.78 is 42.6. The molecule has 2 N–H and O–H groups in total. The number of carbonyl (C=O) groups is 1. The number of nitrogens with zero attached hydrogens (tertiary/aromatic N) is 6. The molecule has 4 rings (SSSR count). The van der Waals surface area contributed by atoms with Crippen molar-refractivity contribution < 1.29 is 18.0 Å². The van der Waals surface area contributed by atoms with E-state index in [1.165, 1.54) is 23.0 Å². The van der Waals surface area contributed by atoms with Crippen molar-refractivity contribution in [2.24, 2.45) is 12.1 Å². The third-order valence-electron chi connectivity index (χ3n) is 4.69. The van der Waals surface area contributed by atoms with Crippen LogP contribution in [0.4, 0.5) is 23.9 Å². The fraction of sp³-hybridized carbons (Fsp3) is 0.250. The van der Waals surface area contributed by atoms with Gasteiger partial charge in [-0.3, -0.25) is 4.68 Å². The Kier molecular flexibility index (Phi) is 6.01. The van der Waals surface area contributed by atoms with Crippen LogP contribution in [-0.2, 0) is 7.05 Å². The molecule has 3 heterocycles. The first kappa shape index (κ1) is 21.3. The third-order valence-corrected chi connectivity index (χ3v) is 4.69. The topological polar surface area (TPSA) is 100 Å². The van der Waals surface area contributed by atoms with E-state index >= 15 is 0 Å². The first-order chi connectivity index (χ1) is 15.4. The number of aryl methyl sites for hydroxylation is 1. The Morgan fingerprint density at radius 2 is 1.97 bits per heavy atom.